The largest absolute Gasteiger partial charge is 0.504 e. The molecule has 0 aliphatic carbocycles. The van der Waals surface area contributed by atoms with Gasteiger partial charge in [-0.25, -0.2) is 0 Å². The second-order valence-corrected chi connectivity index (χ2v) is 4.33. The number of aromatic hydroxyl groups is 2. The first kappa shape index (κ1) is 12.5. The van der Waals surface area contributed by atoms with Crippen molar-refractivity contribution in [1.29, 1.82) is 0 Å². The summed E-state index contributed by atoms with van der Waals surface area (Å²) >= 11 is 0. The number of phenols is 2. The molecule has 0 saturated heterocycles. The van der Waals surface area contributed by atoms with Crippen LogP contribution in [-0.4, -0.2) is 10.2 Å². The van der Waals surface area contributed by atoms with Gasteiger partial charge >= 0.3 is 0 Å². The van der Waals surface area contributed by atoms with Gasteiger partial charge in [0.15, 0.2) is 11.5 Å². The van der Waals surface area contributed by atoms with Gasteiger partial charge in [0, 0.05) is 10.9 Å². The first-order valence-electron chi connectivity index (χ1n) is 6.26. The number of fused-ring (bicyclic) bond motifs is 1. The molecule has 0 unspecified atom stereocenters. The molecule has 2 heteroatoms. The van der Waals surface area contributed by atoms with Crippen LogP contribution in [0.15, 0.2) is 36.4 Å². The summed E-state index contributed by atoms with van der Waals surface area (Å²) in [5.41, 5.74) is 1.94. The van der Waals surface area contributed by atoms with Crippen molar-refractivity contribution in [3.63, 3.8) is 0 Å². The molecule has 2 nitrogen and oxygen atoms in total. The summed E-state index contributed by atoms with van der Waals surface area (Å²) in [6.07, 6.45) is 5.54. The standard InChI is InChI=1S/C16H18O2/c1-3-5-8-12-11(4-2)15(17)16(18)14-10-7-6-9-13(12)14/h3,5-7,9-10,17-18H,4,8H2,1-2H3. The van der Waals surface area contributed by atoms with Crippen LogP contribution < -0.4 is 0 Å². The lowest BCUT2D eigenvalue weighted by Gasteiger charge is -2.14. The molecular formula is C16H18O2. The molecule has 2 aromatic rings. The number of hydrogen-bond donors (Lipinski definition) is 2. The molecule has 0 aliphatic heterocycles. The summed E-state index contributed by atoms with van der Waals surface area (Å²) in [4.78, 5) is 0. The highest BCUT2D eigenvalue weighted by Crippen LogP contribution is 2.40. The van der Waals surface area contributed by atoms with Crippen LogP contribution in [-0.2, 0) is 12.8 Å². The maximum absolute atomic E-state index is 10.1. The Bertz CT molecular complexity index is 598. The van der Waals surface area contributed by atoms with Crippen LogP contribution in [0, 0.1) is 0 Å². The van der Waals surface area contributed by atoms with Gasteiger partial charge in [-0.1, -0.05) is 43.3 Å². The van der Waals surface area contributed by atoms with Crippen molar-refractivity contribution >= 4 is 10.8 Å². The molecule has 0 bridgehead atoms. The van der Waals surface area contributed by atoms with E-state index < -0.39 is 0 Å². The van der Waals surface area contributed by atoms with Crippen LogP contribution >= 0.6 is 0 Å². The molecule has 0 fully saturated rings. The summed E-state index contributed by atoms with van der Waals surface area (Å²) < 4.78 is 0. The van der Waals surface area contributed by atoms with Gasteiger partial charge in [0.2, 0.25) is 0 Å². The molecule has 94 valence electrons. The van der Waals surface area contributed by atoms with Crippen LogP contribution in [0.3, 0.4) is 0 Å². The lowest BCUT2D eigenvalue weighted by atomic mass is 9.93. The van der Waals surface area contributed by atoms with E-state index in [1.807, 2.05) is 44.2 Å². The van der Waals surface area contributed by atoms with E-state index in [9.17, 15) is 10.2 Å². The lowest BCUT2D eigenvalue weighted by molar-refractivity contribution is 0.403. The molecule has 0 spiro atoms. The molecule has 0 atom stereocenters. The number of hydrogen-bond acceptors (Lipinski definition) is 2. The third kappa shape index (κ3) is 1.94. The molecule has 0 radical (unpaired) electrons. The van der Waals surface area contributed by atoms with E-state index in [-0.39, 0.29) is 11.5 Å². The number of phenolic OH excluding ortho intramolecular Hbond substituents is 2. The van der Waals surface area contributed by atoms with Crippen molar-refractivity contribution < 1.29 is 10.2 Å². The molecule has 0 saturated carbocycles. The van der Waals surface area contributed by atoms with Gasteiger partial charge in [0.1, 0.15) is 0 Å². The topological polar surface area (TPSA) is 40.5 Å². The molecule has 0 aliphatic rings. The fourth-order valence-corrected chi connectivity index (χ4v) is 2.38. The van der Waals surface area contributed by atoms with Crippen LogP contribution in [0.5, 0.6) is 11.5 Å². The Balaban J connectivity index is 2.82. The molecule has 0 aromatic heterocycles. The van der Waals surface area contributed by atoms with E-state index in [2.05, 4.69) is 6.08 Å². The Morgan fingerprint density at radius 1 is 1.00 bits per heavy atom. The van der Waals surface area contributed by atoms with Crippen LogP contribution in [0.4, 0.5) is 0 Å². The summed E-state index contributed by atoms with van der Waals surface area (Å²) in [5.74, 6) is 0.0161. The Morgan fingerprint density at radius 3 is 2.28 bits per heavy atom. The van der Waals surface area contributed by atoms with Crippen LogP contribution in [0.2, 0.25) is 0 Å². The van der Waals surface area contributed by atoms with Crippen molar-refractivity contribution in [3.05, 3.63) is 47.5 Å². The highest BCUT2D eigenvalue weighted by molar-refractivity contribution is 5.94. The molecule has 2 aromatic carbocycles. The van der Waals surface area contributed by atoms with Gasteiger partial charge in [-0.2, -0.15) is 0 Å². The maximum atomic E-state index is 10.1. The number of allylic oxidation sites excluding steroid dienone is 2. The smallest absolute Gasteiger partial charge is 0.165 e. The van der Waals surface area contributed by atoms with E-state index in [1.54, 1.807) is 0 Å². The Labute approximate surface area is 107 Å². The van der Waals surface area contributed by atoms with Gasteiger partial charge in [0.25, 0.3) is 0 Å². The minimum atomic E-state index is -0.00771. The molecular weight excluding hydrogens is 224 g/mol. The van der Waals surface area contributed by atoms with Gasteiger partial charge in [0.05, 0.1) is 0 Å². The van der Waals surface area contributed by atoms with Gasteiger partial charge in [-0.05, 0) is 30.7 Å². The monoisotopic (exact) mass is 242 g/mol. The average molecular weight is 242 g/mol. The maximum Gasteiger partial charge on any atom is 0.165 e. The van der Waals surface area contributed by atoms with E-state index in [0.29, 0.717) is 11.8 Å². The highest BCUT2D eigenvalue weighted by atomic mass is 16.3. The zero-order chi connectivity index (χ0) is 13.1. The minimum absolute atomic E-state index is 0.00771. The van der Waals surface area contributed by atoms with E-state index in [0.717, 1.165) is 22.9 Å². The molecule has 0 amide bonds. The van der Waals surface area contributed by atoms with Crippen molar-refractivity contribution in [1.82, 2.24) is 0 Å². The number of benzene rings is 2. The molecule has 2 rings (SSSR count). The minimum Gasteiger partial charge on any atom is -0.504 e. The third-order valence-corrected chi connectivity index (χ3v) is 3.29. The SMILES string of the molecule is CC=CCc1c(CC)c(O)c(O)c2ccccc12. The third-order valence-electron chi connectivity index (χ3n) is 3.29. The highest BCUT2D eigenvalue weighted by Gasteiger charge is 2.16. The fraction of sp³-hybridized carbons (Fsp3) is 0.250. The molecule has 0 heterocycles. The van der Waals surface area contributed by atoms with Crippen LogP contribution in [0.1, 0.15) is 25.0 Å². The lowest BCUT2D eigenvalue weighted by Crippen LogP contribution is -1.95. The zero-order valence-electron chi connectivity index (χ0n) is 10.8. The zero-order valence-corrected chi connectivity index (χ0v) is 10.8. The summed E-state index contributed by atoms with van der Waals surface area (Å²) in [5, 5.41) is 21.9. The second kappa shape index (κ2) is 5.13. The normalized spacial score (nSPS) is 11.4. The number of rotatable bonds is 3. The van der Waals surface area contributed by atoms with Crippen molar-refractivity contribution in [2.24, 2.45) is 0 Å². The van der Waals surface area contributed by atoms with E-state index >= 15 is 0 Å². The Kier molecular flexibility index (Phi) is 3.56. The van der Waals surface area contributed by atoms with Crippen LogP contribution in [0.25, 0.3) is 10.8 Å². The Morgan fingerprint density at radius 2 is 1.67 bits per heavy atom. The predicted molar refractivity (Wildman–Crippen MR) is 75.2 cm³/mol. The van der Waals surface area contributed by atoms with Gasteiger partial charge in [-0.3, -0.25) is 0 Å². The first-order valence-corrected chi connectivity index (χ1v) is 6.26. The quantitative estimate of drug-likeness (QED) is 0.632. The van der Waals surface area contributed by atoms with Crippen molar-refractivity contribution in [3.8, 4) is 11.5 Å². The van der Waals surface area contributed by atoms with Crippen molar-refractivity contribution in [2.75, 3.05) is 0 Å². The first-order chi connectivity index (χ1) is 8.70. The molecule has 18 heavy (non-hydrogen) atoms. The van der Waals surface area contributed by atoms with Crippen molar-refractivity contribution in [2.45, 2.75) is 26.7 Å². The average Bonchev–Trinajstić information content (AvgIpc) is 2.41. The Hall–Kier alpha value is -1.96. The summed E-state index contributed by atoms with van der Waals surface area (Å²) in [6, 6.07) is 7.65. The summed E-state index contributed by atoms with van der Waals surface area (Å²) in [6.45, 7) is 3.97. The van der Waals surface area contributed by atoms with E-state index in [4.69, 9.17) is 0 Å². The van der Waals surface area contributed by atoms with Gasteiger partial charge < -0.3 is 10.2 Å². The molecule has 2 N–H and O–H groups in total. The fourth-order valence-electron chi connectivity index (χ4n) is 2.38. The summed E-state index contributed by atoms with van der Waals surface area (Å²) in [7, 11) is 0. The predicted octanol–water partition coefficient (Wildman–Crippen LogP) is 3.93. The van der Waals surface area contributed by atoms with E-state index in [1.165, 1.54) is 0 Å². The second-order valence-electron chi connectivity index (χ2n) is 4.33. The van der Waals surface area contributed by atoms with Gasteiger partial charge in [-0.15, -0.1) is 0 Å².